The zero-order chi connectivity index (χ0) is 13.8. The van der Waals surface area contributed by atoms with E-state index >= 15 is 0 Å². The van der Waals surface area contributed by atoms with Gasteiger partial charge in [-0.25, -0.2) is 4.79 Å². The van der Waals surface area contributed by atoms with Gasteiger partial charge >= 0.3 is 5.97 Å². The standard InChI is InChI=1S/C14H17NO3S/c1-3-18-14(17)12-9(2)8-11(19-12)15-13(16)10-6-4-5-7-10/h4-5,8,10H,3,6-7H2,1-2H3,(H,15,16). The van der Waals surface area contributed by atoms with Gasteiger partial charge in [-0.2, -0.15) is 0 Å². The molecule has 0 saturated carbocycles. The highest BCUT2D eigenvalue weighted by Crippen LogP contribution is 2.29. The Hall–Kier alpha value is -1.62. The Morgan fingerprint density at radius 1 is 1.42 bits per heavy atom. The molecule has 102 valence electrons. The molecule has 0 unspecified atom stereocenters. The Bertz CT molecular complexity index is 511. The third kappa shape index (κ3) is 3.23. The molecule has 1 aliphatic rings. The van der Waals surface area contributed by atoms with Crippen molar-refractivity contribution >= 4 is 28.2 Å². The second-order valence-electron chi connectivity index (χ2n) is 4.47. The fourth-order valence-corrected chi connectivity index (χ4v) is 2.97. The van der Waals surface area contributed by atoms with Crippen molar-refractivity contribution in [2.24, 2.45) is 5.92 Å². The van der Waals surface area contributed by atoms with Crippen LogP contribution in [0.1, 0.15) is 35.0 Å². The van der Waals surface area contributed by atoms with Crippen molar-refractivity contribution in [3.05, 3.63) is 28.7 Å². The van der Waals surface area contributed by atoms with Gasteiger partial charge in [-0.15, -0.1) is 11.3 Å². The second kappa shape index (κ2) is 6.02. The van der Waals surface area contributed by atoms with E-state index in [-0.39, 0.29) is 17.8 Å². The lowest BCUT2D eigenvalue weighted by molar-refractivity contribution is -0.119. The normalized spacial score (nSPS) is 14.6. The number of rotatable bonds is 4. The van der Waals surface area contributed by atoms with E-state index in [0.29, 0.717) is 16.5 Å². The van der Waals surface area contributed by atoms with Gasteiger partial charge in [0.25, 0.3) is 0 Å². The molecule has 2 rings (SSSR count). The molecule has 19 heavy (non-hydrogen) atoms. The molecule has 1 aliphatic carbocycles. The number of nitrogens with one attached hydrogen (secondary N) is 1. The lowest BCUT2D eigenvalue weighted by Crippen LogP contribution is -2.19. The molecule has 0 aromatic carbocycles. The van der Waals surface area contributed by atoms with E-state index < -0.39 is 0 Å². The number of ether oxygens (including phenoxy) is 1. The maximum atomic E-state index is 12.0. The Kier molecular flexibility index (Phi) is 4.37. The third-order valence-electron chi connectivity index (χ3n) is 3.00. The zero-order valence-corrected chi connectivity index (χ0v) is 11.9. The quantitative estimate of drug-likeness (QED) is 0.680. The molecule has 1 aromatic rings. The SMILES string of the molecule is CCOC(=O)c1sc(NC(=O)C2CC=CC2)cc1C. The molecule has 4 nitrogen and oxygen atoms in total. The average molecular weight is 279 g/mol. The van der Waals surface area contributed by atoms with Crippen molar-refractivity contribution in [1.82, 2.24) is 0 Å². The van der Waals surface area contributed by atoms with Crippen LogP contribution in [0, 0.1) is 12.8 Å². The maximum Gasteiger partial charge on any atom is 0.348 e. The summed E-state index contributed by atoms with van der Waals surface area (Å²) in [6, 6.07) is 1.82. The number of thiophene rings is 1. The summed E-state index contributed by atoms with van der Waals surface area (Å²) < 4.78 is 4.98. The first-order chi connectivity index (χ1) is 9.11. The van der Waals surface area contributed by atoms with E-state index in [4.69, 9.17) is 4.74 Å². The minimum absolute atomic E-state index is 0.0154. The Morgan fingerprint density at radius 3 is 2.74 bits per heavy atom. The molecular weight excluding hydrogens is 262 g/mol. The molecule has 1 aromatic heterocycles. The minimum Gasteiger partial charge on any atom is -0.462 e. The summed E-state index contributed by atoms with van der Waals surface area (Å²) in [5, 5.41) is 3.58. The van der Waals surface area contributed by atoms with Gasteiger partial charge in [0.05, 0.1) is 11.6 Å². The highest BCUT2D eigenvalue weighted by molar-refractivity contribution is 7.18. The van der Waals surface area contributed by atoms with Crippen LogP contribution in [-0.4, -0.2) is 18.5 Å². The van der Waals surface area contributed by atoms with Crippen molar-refractivity contribution in [3.8, 4) is 0 Å². The topological polar surface area (TPSA) is 55.4 Å². The highest BCUT2D eigenvalue weighted by Gasteiger charge is 2.21. The first kappa shape index (κ1) is 13.8. The van der Waals surface area contributed by atoms with Gasteiger partial charge in [0.15, 0.2) is 0 Å². The monoisotopic (exact) mass is 279 g/mol. The second-order valence-corrected chi connectivity index (χ2v) is 5.52. The summed E-state index contributed by atoms with van der Waals surface area (Å²) in [5.74, 6) is -0.289. The molecule has 0 aliphatic heterocycles. The summed E-state index contributed by atoms with van der Waals surface area (Å²) >= 11 is 1.27. The number of hydrogen-bond acceptors (Lipinski definition) is 4. The van der Waals surface area contributed by atoms with E-state index in [1.165, 1.54) is 11.3 Å². The Morgan fingerprint density at radius 2 is 2.11 bits per heavy atom. The molecule has 0 atom stereocenters. The van der Waals surface area contributed by atoms with Crippen LogP contribution in [0.15, 0.2) is 18.2 Å². The number of esters is 1. The number of amides is 1. The van der Waals surface area contributed by atoms with Crippen molar-refractivity contribution < 1.29 is 14.3 Å². The zero-order valence-electron chi connectivity index (χ0n) is 11.1. The number of hydrogen-bond donors (Lipinski definition) is 1. The number of aryl methyl sites for hydroxylation is 1. The average Bonchev–Trinajstić information content (AvgIpc) is 2.99. The molecule has 0 spiro atoms. The van der Waals surface area contributed by atoms with Crippen molar-refractivity contribution in [1.29, 1.82) is 0 Å². The van der Waals surface area contributed by atoms with Gasteiger partial charge in [0.2, 0.25) is 5.91 Å². The maximum absolute atomic E-state index is 12.0. The molecule has 1 N–H and O–H groups in total. The van der Waals surface area contributed by atoms with Crippen LogP contribution in [0.2, 0.25) is 0 Å². The Balaban J connectivity index is 2.03. The van der Waals surface area contributed by atoms with Crippen LogP contribution in [-0.2, 0) is 9.53 Å². The van der Waals surface area contributed by atoms with Crippen LogP contribution in [0.25, 0.3) is 0 Å². The molecule has 0 radical (unpaired) electrons. The van der Waals surface area contributed by atoms with Crippen LogP contribution < -0.4 is 5.32 Å². The molecular formula is C14H17NO3S. The molecule has 0 fully saturated rings. The first-order valence-corrected chi connectivity index (χ1v) is 7.17. The molecule has 1 amide bonds. The van der Waals surface area contributed by atoms with Crippen LogP contribution in [0.3, 0.4) is 0 Å². The summed E-state index contributed by atoms with van der Waals surface area (Å²) in [6.45, 7) is 3.97. The van der Waals surface area contributed by atoms with Crippen LogP contribution in [0.5, 0.6) is 0 Å². The number of anilines is 1. The summed E-state index contributed by atoms with van der Waals surface area (Å²) in [4.78, 5) is 24.2. The highest BCUT2D eigenvalue weighted by atomic mass is 32.1. The molecule has 5 heteroatoms. The van der Waals surface area contributed by atoms with Crippen LogP contribution in [0.4, 0.5) is 5.00 Å². The summed E-state index contributed by atoms with van der Waals surface area (Å²) in [6.07, 6.45) is 5.63. The van der Waals surface area contributed by atoms with Gasteiger partial charge in [-0.3, -0.25) is 4.79 Å². The van der Waals surface area contributed by atoms with Gasteiger partial charge in [-0.1, -0.05) is 12.2 Å². The largest absolute Gasteiger partial charge is 0.462 e. The molecule has 1 heterocycles. The van der Waals surface area contributed by atoms with Gasteiger partial charge in [0.1, 0.15) is 4.88 Å². The number of carbonyl (C=O) groups excluding carboxylic acids is 2. The van der Waals surface area contributed by atoms with E-state index in [1.807, 2.05) is 25.1 Å². The molecule has 0 bridgehead atoms. The van der Waals surface area contributed by atoms with Gasteiger partial charge < -0.3 is 10.1 Å². The molecule has 0 saturated heterocycles. The minimum atomic E-state index is -0.326. The van der Waals surface area contributed by atoms with E-state index in [2.05, 4.69) is 5.32 Å². The fourth-order valence-electron chi connectivity index (χ4n) is 2.00. The Labute approximate surface area is 116 Å². The third-order valence-corrected chi connectivity index (χ3v) is 4.14. The predicted octanol–water partition coefficient (Wildman–Crippen LogP) is 3.14. The van der Waals surface area contributed by atoms with Crippen molar-refractivity contribution in [2.45, 2.75) is 26.7 Å². The van der Waals surface area contributed by atoms with Crippen LogP contribution >= 0.6 is 11.3 Å². The fraction of sp³-hybridized carbons (Fsp3) is 0.429. The number of carbonyl (C=O) groups is 2. The van der Waals surface area contributed by atoms with Crippen molar-refractivity contribution in [3.63, 3.8) is 0 Å². The lowest BCUT2D eigenvalue weighted by atomic mass is 10.1. The van der Waals surface area contributed by atoms with E-state index in [1.54, 1.807) is 6.92 Å². The predicted molar refractivity (Wildman–Crippen MR) is 75.5 cm³/mol. The summed E-state index contributed by atoms with van der Waals surface area (Å²) in [7, 11) is 0. The lowest BCUT2D eigenvalue weighted by Gasteiger charge is -2.08. The first-order valence-electron chi connectivity index (χ1n) is 6.35. The van der Waals surface area contributed by atoms with E-state index in [9.17, 15) is 9.59 Å². The van der Waals surface area contributed by atoms with Gasteiger partial charge in [0, 0.05) is 5.92 Å². The summed E-state index contributed by atoms with van der Waals surface area (Å²) in [5.41, 5.74) is 0.836. The number of allylic oxidation sites excluding steroid dienone is 2. The van der Waals surface area contributed by atoms with Crippen molar-refractivity contribution in [2.75, 3.05) is 11.9 Å². The smallest absolute Gasteiger partial charge is 0.348 e. The van der Waals surface area contributed by atoms with Gasteiger partial charge in [-0.05, 0) is 38.3 Å². The van der Waals surface area contributed by atoms with E-state index in [0.717, 1.165) is 18.4 Å².